The molecule has 0 radical (unpaired) electrons. The fraction of sp³-hybridized carbons (Fsp3) is 0.857. The lowest BCUT2D eigenvalue weighted by Crippen LogP contribution is -2.34. The number of unbranched alkanes of at least 4 members (excludes halogenated alkanes) is 8. The van der Waals surface area contributed by atoms with Gasteiger partial charge in [0, 0.05) is 17.5 Å². The Balaban J connectivity index is 1.34. The van der Waals surface area contributed by atoms with Crippen LogP contribution in [-0.4, -0.2) is 17.1 Å². The van der Waals surface area contributed by atoms with Gasteiger partial charge in [0.2, 0.25) is 0 Å². The van der Waals surface area contributed by atoms with E-state index >= 15 is 0 Å². The third-order valence-corrected chi connectivity index (χ3v) is 9.04. The molecule has 2 aliphatic carbocycles. The number of aryl methyl sites for hydroxylation is 1. The Kier molecular flexibility index (Phi) is 11.6. The van der Waals surface area contributed by atoms with E-state index in [0.717, 1.165) is 37.5 Å². The second-order valence-corrected chi connectivity index (χ2v) is 11.6. The van der Waals surface area contributed by atoms with Gasteiger partial charge in [-0.05, 0) is 75.5 Å². The van der Waals surface area contributed by atoms with Crippen LogP contribution in [-0.2, 0) is 16.0 Å². The van der Waals surface area contributed by atoms with Crippen LogP contribution in [0, 0.1) is 11.8 Å². The molecular formula is C28H47NO2S. The minimum Gasteiger partial charge on any atom is -0.462 e. The Morgan fingerprint density at radius 2 is 1.59 bits per heavy atom. The summed E-state index contributed by atoms with van der Waals surface area (Å²) in [6.07, 6.45) is 24.0. The molecule has 4 heteroatoms. The molecule has 0 spiro atoms. The lowest BCUT2D eigenvalue weighted by Gasteiger charge is -2.41. The quantitative estimate of drug-likeness (QED) is 0.206. The number of thiazole rings is 1. The van der Waals surface area contributed by atoms with Gasteiger partial charge in [-0.25, -0.2) is 4.98 Å². The highest BCUT2D eigenvalue weighted by Crippen LogP contribution is 2.47. The maximum Gasteiger partial charge on any atom is 0.306 e. The Labute approximate surface area is 201 Å². The lowest BCUT2D eigenvalue weighted by molar-refractivity contribution is -0.152. The predicted molar refractivity (Wildman–Crippen MR) is 135 cm³/mol. The number of carbonyl (C=O) groups excluding carboxylic acids is 1. The van der Waals surface area contributed by atoms with E-state index in [-0.39, 0.29) is 12.1 Å². The van der Waals surface area contributed by atoms with Crippen LogP contribution in [0.1, 0.15) is 139 Å². The minimum atomic E-state index is 0.0498. The van der Waals surface area contributed by atoms with Gasteiger partial charge in [0.05, 0.1) is 5.01 Å². The van der Waals surface area contributed by atoms with Crippen molar-refractivity contribution >= 4 is 17.3 Å². The van der Waals surface area contributed by atoms with Crippen LogP contribution in [0.25, 0.3) is 0 Å². The van der Waals surface area contributed by atoms with Crippen molar-refractivity contribution in [3.8, 4) is 0 Å². The van der Waals surface area contributed by atoms with E-state index < -0.39 is 0 Å². The number of hydrogen-bond donors (Lipinski definition) is 0. The summed E-state index contributed by atoms with van der Waals surface area (Å²) in [4.78, 5) is 18.6. The summed E-state index contributed by atoms with van der Waals surface area (Å²) in [5.41, 5.74) is 0. The average molecular weight is 462 g/mol. The molecule has 0 aliphatic heterocycles. The molecular weight excluding hydrogens is 414 g/mol. The standard InChI is InChI=1S/C28H47NO2S/c1-3-5-7-9-10-12-14-28(30)31-25-18-17-22-19-24(16-15-23(22)20-25)26-21-29-27(32-26)13-11-8-6-4-2/h21-25H,3-20H2,1-2H3. The lowest BCUT2D eigenvalue weighted by atomic mass is 9.66. The highest BCUT2D eigenvalue weighted by molar-refractivity contribution is 7.11. The van der Waals surface area contributed by atoms with Gasteiger partial charge >= 0.3 is 5.97 Å². The first-order chi connectivity index (χ1) is 15.7. The van der Waals surface area contributed by atoms with Crippen molar-refractivity contribution in [1.82, 2.24) is 4.98 Å². The molecule has 0 N–H and O–H groups in total. The van der Waals surface area contributed by atoms with E-state index in [2.05, 4.69) is 20.0 Å². The van der Waals surface area contributed by atoms with E-state index in [0.29, 0.717) is 12.3 Å². The van der Waals surface area contributed by atoms with Crippen LogP contribution in [0.2, 0.25) is 0 Å². The van der Waals surface area contributed by atoms with Gasteiger partial charge in [0.25, 0.3) is 0 Å². The highest BCUT2D eigenvalue weighted by atomic mass is 32.1. The molecule has 4 unspecified atom stereocenters. The molecule has 2 saturated carbocycles. The number of aromatic nitrogens is 1. The Morgan fingerprint density at radius 3 is 2.41 bits per heavy atom. The van der Waals surface area contributed by atoms with Crippen molar-refractivity contribution in [3.05, 3.63) is 16.1 Å². The van der Waals surface area contributed by atoms with E-state index in [1.54, 1.807) is 0 Å². The number of esters is 1. The fourth-order valence-corrected chi connectivity index (χ4v) is 6.95. The Morgan fingerprint density at radius 1 is 0.906 bits per heavy atom. The number of carbonyl (C=O) groups is 1. The van der Waals surface area contributed by atoms with Gasteiger partial charge < -0.3 is 4.74 Å². The van der Waals surface area contributed by atoms with Crippen LogP contribution in [0.15, 0.2) is 6.20 Å². The molecule has 1 aromatic rings. The number of nitrogens with zero attached hydrogens (tertiary/aromatic N) is 1. The third-order valence-electron chi connectivity index (χ3n) is 7.82. The minimum absolute atomic E-state index is 0.0498. The smallest absolute Gasteiger partial charge is 0.306 e. The monoisotopic (exact) mass is 461 g/mol. The van der Waals surface area contributed by atoms with Gasteiger partial charge in [-0.15, -0.1) is 11.3 Å². The summed E-state index contributed by atoms with van der Waals surface area (Å²) in [6.45, 7) is 4.51. The summed E-state index contributed by atoms with van der Waals surface area (Å²) < 4.78 is 5.89. The molecule has 1 heterocycles. The van der Waals surface area contributed by atoms with Crippen molar-refractivity contribution < 1.29 is 9.53 Å². The zero-order chi connectivity index (χ0) is 22.6. The normalized spacial score (nSPS) is 25.4. The first-order valence-corrected chi connectivity index (χ1v) is 14.6. The SMILES string of the molecule is CCCCCCCCC(=O)OC1CCC2CC(c3cnc(CCCCCC)s3)CCC2C1. The average Bonchev–Trinajstić information content (AvgIpc) is 3.28. The molecule has 0 amide bonds. The van der Waals surface area contributed by atoms with Crippen LogP contribution < -0.4 is 0 Å². The fourth-order valence-electron chi connectivity index (χ4n) is 5.84. The van der Waals surface area contributed by atoms with Crippen molar-refractivity contribution in [2.24, 2.45) is 11.8 Å². The van der Waals surface area contributed by atoms with Crippen LogP contribution in [0.5, 0.6) is 0 Å². The maximum absolute atomic E-state index is 12.3. The summed E-state index contributed by atoms with van der Waals surface area (Å²) >= 11 is 1.98. The van der Waals surface area contributed by atoms with Gasteiger partial charge in [-0.1, -0.05) is 65.2 Å². The third kappa shape index (κ3) is 8.47. The topological polar surface area (TPSA) is 39.2 Å². The summed E-state index contributed by atoms with van der Waals surface area (Å²) in [7, 11) is 0. The zero-order valence-electron chi connectivity index (χ0n) is 20.8. The summed E-state index contributed by atoms with van der Waals surface area (Å²) in [5.74, 6) is 2.34. The molecule has 1 aromatic heterocycles. The van der Waals surface area contributed by atoms with Crippen molar-refractivity contribution in [2.75, 3.05) is 0 Å². The summed E-state index contributed by atoms with van der Waals surface area (Å²) in [5, 5.41) is 1.35. The predicted octanol–water partition coefficient (Wildman–Crippen LogP) is 8.61. The molecule has 0 aromatic carbocycles. The largest absolute Gasteiger partial charge is 0.462 e. The molecule has 3 nitrogen and oxygen atoms in total. The molecule has 3 rings (SSSR count). The Hall–Kier alpha value is -0.900. The molecule has 2 aliphatic rings. The number of hydrogen-bond acceptors (Lipinski definition) is 4. The van der Waals surface area contributed by atoms with Crippen molar-refractivity contribution in [3.63, 3.8) is 0 Å². The van der Waals surface area contributed by atoms with Gasteiger partial charge in [-0.3, -0.25) is 4.79 Å². The van der Waals surface area contributed by atoms with E-state index in [1.807, 2.05) is 11.3 Å². The first-order valence-electron chi connectivity index (χ1n) is 13.8. The molecule has 0 bridgehead atoms. The van der Waals surface area contributed by atoms with E-state index in [9.17, 15) is 4.79 Å². The Bertz CT molecular complexity index is 658. The van der Waals surface area contributed by atoms with Gasteiger partial charge in [0.1, 0.15) is 6.10 Å². The van der Waals surface area contributed by atoms with Gasteiger partial charge in [0.15, 0.2) is 0 Å². The molecule has 4 atom stereocenters. The molecule has 2 fully saturated rings. The second-order valence-electron chi connectivity index (χ2n) is 10.4. The molecule has 0 saturated heterocycles. The second kappa shape index (κ2) is 14.4. The summed E-state index contributed by atoms with van der Waals surface area (Å²) in [6, 6.07) is 0. The number of rotatable bonds is 14. The van der Waals surface area contributed by atoms with E-state index in [4.69, 9.17) is 9.72 Å². The maximum atomic E-state index is 12.3. The first kappa shape index (κ1) is 25.7. The van der Waals surface area contributed by atoms with E-state index in [1.165, 1.54) is 93.4 Å². The number of ether oxygens (including phenoxy) is 1. The number of fused-ring (bicyclic) bond motifs is 1. The van der Waals surface area contributed by atoms with Crippen LogP contribution >= 0.6 is 11.3 Å². The van der Waals surface area contributed by atoms with Gasteiger partial charge in [-0.2, -0.15) is 0 Å². The molecule has 32 heavy (non-hydrogen) atoms. The van der Waals surface area contributed by atoms with Crippen molar-refractivity contribution in [2.45, 2.75) is 141 Å². The highest BCUT2D eigenvalue weighted by Gasteiger charge is 2.37. The molecule has 182 valence electrons. The van der Waals surface area contributed by atoms with Crippen molar-refractivity contribution in [1.29, 1.82) is 0 Å². The van der Waals surface area contributed by atoms with Crippen LogP contribution in [0.3, 0.4) is 0 Å². The zero-order valence-corrected chi connectivity index (χ0v) is 21.6. The van der Waals surface area contributed by atoms with Crippen LogP contribution in [0.4, 0.5) is 0 Å².